The number of hydrogen-bond acceptors (Lipinski definition) is 5. The van der Waals surface area contributed by atoms with Gasteiger partial charge in [0.15, 0.2) is 0 Å². The molecular formula is C23H33F3N4O2S. The molecule has 1 aromatic heterocycles. The Balaban J connectivity index is 1.97. The molecule has 0 saturated carbocycles. The first-order valence-corrected chi connectivity index (χ1v) is 12.2. The molecule has 1 N–H and O–H groups in total. The van der Waals surface area contributed by atoms with Crippen LogP contribution in [0.2, 0.25) is 0 Å². The van der Waals surface area contributed by atoms with Gasteiger partial charge in [-0.1, -0.05) is 6.07 Å². The van der Waals surface area contributed by atoms with Crippen LogP contribution in [0.15, 0.2) is 23.0 Å². The number of benzene rings is 1. The van der Waals surface area contributed by atoms with Gasteiger partial charge in [-0.15, -0.1) is 4.72 Å². The zero-order chi connectivity index (χ0) is 24.7. The summed E-state index contributed by atoms with van der Waals surface area (Å²) < 4.78 is 55.2. The highest BCUT2D eigenvalue weighted by Crippen LogP contribution is 2.30. The molecule has 0 spiro atoms. The van der Waals surface area contributed by atoms with Gasteiger partial charge in [0, 0.05) is 50.0 Å². The third-order valence-corrected chi connectivity index (χ3v) is 7.59. The number of hydrogen-bond donors (Lipinski definition) is 1. The number of aromatic nitrogens is 1. The lowest BCUT2D eigenvalue weighted by Crippen LogP contribution is -2.50. The van der Waals surface area contributed by atoms with Gasteiger partial charge in [-0.25, -0.2) is 0 Å². The van der Waals surface area contributed by atoms with E-state index in [0.29, 0.717) is 24.3 Å². The molecule has 1 aromatic carbocycles. The Morgan fingerprint density at radius 3 is 2.24 bits per heavy atom. The number of nitrogens with zero attached hydrogens (tertiary/aromatic N) is 3. The van der Waals surface area contributed by atoms with Gasteiger partial charge in [0.25, 0.3) is 5.56 Å². The Morgan fingerprint density at radius 2 is 1.70 bits per heavy atom. The summed E-state index contributed by atoms with van der Waals surface area (Å²) >= 11 is -1.29. The summed E-state index contributed by atoms with van der Waals surface area (Å²) in [5.74, 6) is 0.674. The van der Waals surface area contributed by atoms with Crippen LogP contribution < -0.4 is 15.2 Å². The predicted octanol–water partition coefficient (Wildman–Crippen LogP) is 3.64. The molecule has 6 nitrogen and oxygen atoms in total. The number of aryl methyl sites for hydroxylation is 1. The molecule has 0 radical (unpaired) electrons. The number of pyridine rings is 1. The van der Waals surface area contributed by atoms with E-state index < -0.39 is 28.8 Å². The van der Waals surface area contributed by atoms with Crippen LogP contribution in [0.5, 0.6) is 0 Å². The van der Waals surface area contributed by atoms with Crippen molar-refractivity contribution in [2.24, 2.45) is 7.05 Å². The topological polar surface area (TPSA) is 63.6 Å². The minimum Gasteiger partial charge on any atom is -0.598 e. The smallest absolute Gasteiger partial charge is 0.401 e. The summed E-state index contributed by atoms with van der Waals surface area (Å²) in [6.45, 7) is 9.94. The van der Waals surface area contributed by atoms with Crippen LogP contribution in [0.3, 0.4) is 0 Å². The third-order valence-electron chi connectivity index (χ3n) is 5.91. The minimum absolute atomic E-state index is 0.158. The van der Waals surface area contributed by atoms with E-state index in [0.717, 1.165) is 16.5 Å². The maximum atomic E-state index is 13.2. The Kier molecular flexibility index (Phi) is 7.43. The second kappa shape index (κ2) is 9.48. The fraction of sp³-hybridized carbons (Fsp3) is 0.609. The highest BCUT2D eigenvalue weighted by atomic mass is 32.2. The fourth-order valence-corrected chi connectivity index (χ4v) is 4.93. The molecule has 0 amide bonds. The van der Waals surface area contributed by atoms with E-state index in [1.54, 1.807) is 11.6 Å². The van der Waals surface area contributed by atoms with E-state index in [2.05, 4.69) is 4.72 Å². The average molecular weight is 487 g/mol. The molecule has 1 saturated heterocycles. The van der Waals surface area contributed by atoms with Crippen LogP contribution in [0.4, 0.5) is 19.0 Å². The van der Waals surface area contributed by atoms with Crippen molar-refractivity contribution in [1.82, 2.24) is 14.2 Å². The zero-order valence-corrected chi connectivity index (χ0v) is 20.9. The molecule has 0 aliphatic carbocycles. The van der Waals surface area contributed by atoms with Crippen LogP contribution in [-0.4, -0.2) is 57.7 Å². The number of nitrogens with one attached hydrogen (secondary N) is 1. The highest BCUT2D eigenvalue weighted by molar-refractivity contribution is 7.90. The molecule has 184 valence electrons. The van der Waals surface area contributed by atoms with Gasteiger partial charge in [-0.2, -0.15) is 13.2 Å². The van der Waals surface area contributed by atoms with Crippen molar-refractivity contribution in [3.05, 3.63) is 39.7 Å². The summed E-state index contributed by atoms with van der Waals surface area (Å²) in [5.41, 5.74) is 1.64. The molecule has 0 bridgehead atoms. The third kappa shape index (κ3) is 6.03. The molecule has 2 heterocycles. The number of fused-ring (bicyclic) bond motifs is 1. The fourth-order valence-electron chi connectivity index (χ4n) is 4.13. The Bertz CT molecular complexity index is 1060. The summed E-state index contributed by atoms with van der Waals surface area (Å²) in [4.78, 5) is 16.6. The number of halogens is 3. The normalized spacial score (nSPS) is 18.1. The average Bonchev–Trinajstić information content (AvgIpc) is 2.69. The molecule has 1 fully saturated rings. The molecule has 10 heteroatoms. The summed E-state index contributed by atoms with van der Waals surface area (Å²) in [5, 5.41) is 1.34. The van der Waals surface area contributed by atoms with Crippen molar-refractivity contribution in [2.75, 3.05) is 37.6 Å². The van der Waals surface area contributed by atoms with Crippen LogP contribution in [-0.2, 0) is 18.4 Å². The number of anilines is 1. The second-order valence-corrected chi connectivity index (χ2v) is 11.8. The van der Waals surface area contributed by atoms with Gasteiger partial charge in [0.05, 0.1) is 12.6 Å². The van der Waals surface area contributed by atoms with Crippen LogP contribution >= 0.6 is 0 Å². The van der Waals surface area contributed by atoms with Gasteiger partial charge in [-0.05, 0) is 63.3 Å². The first-order chi connectivity index (χ1) is 15.2. The molecular weight excluding hydrogens is 453 g/mol. The Labute approximate surface area is 196 Å². The largest absolute Gasteiger partial charge is 0.598 e. The number of piperazine rings is 1. The van der Waals surface area contributed by atoms with Crippen LogP contribution in [0.25, 0.3) is 10.8 Å². The maximum absolute atomic E-state index is 13.2. The zero-order valence-electron chi connectivity index (χ0n) is 20.0. The first-order valence-electron chi connectivity index (χ1n) is 11.0. The van der Waals surface area contributed by atoms with Crippen molar-refractivity contribution >= 4 is 28.0 Å². The number of rotatable bonds is 5. The standard InChI is InChI=1S/C23H33F3N4O2S/c1-15-11-17(16(2)27-33(32)22(3,4)5)18-13-20(28(6)21(31)19(18)12-15)30-9-7-29(8-10-30)14-23(24,25)26/h11-13,16,27H,7-10,14H2,1-6H3/t16-,33?/m1/s1. The quantitative estimate of drug-likeness (QED) is 0.654. The van der Waals surface area contributed by atoms with Gasteiger partial charge in [0.2, 0.25) is 0 Å². The first kappa shape index (κ1) is 25.9. The molecule has 3 rings (SSSR count). The molecule has 2 atom stereocenters. The Hall–Kier alpha value is -1.75. The summed E-state index contributed by atoms with van der Waals surface area (Å²) in [6.07, 6.45) is -4.22. The molecule has 2 aromatic rings. The lowest BCUT2D eigenvalue weighted by Gasteiger charge is -2.37. The van der Waals surface area contributed by atoms with Crippen molar-refractivity contribution in [3.63, 3.8) is 0 Å². The monoisotopic (exact) mass is 486 g/mol. The molecule has 1 aliphatic heterocycles. The Morgan fingerprint density at radius 1 is 1.09 bits per heavy atom. The minimum atomic E-state index is -4.22. The van der Waals surface area contributed by atoms with Gasteiger partial charge in [0.1, 0.15) is 10.6 Å². The predicted molar refractivity (Wildman–Crippen MR) is 128 cm³/mol. The maximum Gasteiger partial charge on any atom is 0.401 e. The van der Waals surface area contributed by atoms with Gasteiger partial charge >= 0.3 is 6.18 Å². The van der Waals surface area contributed by atoms with Gasteiger partial charge in [-0.3, -0.25) is 14.3 Å². The van der Waals surface area contributed by atoms with Crippen molar-refractivity contribution in [2.45, 2.75) is 51.6 Å². The lowest BCUT2D eigenvalue weighted by atomic mass is 9.98. The van der Waals surface area contributed by atoms with Crippen molar-refractivity contribution in [3.8, 4) is 0 Å². The lowest BCUT2D eigenvalue weighted by molar-refractivity contribution is -0.146. The van der Waals surface area contributed by atoms with E-state index in [1.807, 2.05) is 57.7 Å². The van der Waals surface area contributed by atoms with E-state index in [9.17, 15) is 22.5 Å². The van der Waals surface area contributed by atoms with E-state index in [-0.39, 0.29) is 24.7 Å². The van der Waals surface area contributed by atoms with E-state index >= 15 is 0 Å². The van der Waals surface area contributed by atoms with Crippen molar-refractivity contribution in [1.29, 1.82) is 0 Å². The van der Waals surface area contributed by atoms with Crippen molar-refractivity contribution < 1.29 is 17.7 Å². The van der Waals surface area contributed by atoms with Crippen LogP contribution in [0.1, 0.15) is 44.9 Å². The second-order valence-electron chi connectivity index (χ2n) is 9.78. The SMILES string of the molecule is Cc1cc([C@@H](C)N[S+]([O-])C(C)(C)C)c2cc(N3CCN(CC(F)(F)F)CC3)n(C)c(=O)c2c1. The van der Waals surface area contributed by atoms with E-state index in [1.165, 1.54) is 4.90 Å². The molecule has 33 heavy (non-hydrogen) atoms. The highest BCUT2D eigenvalue weighted by Gasteiger charge is 2.33. The number of alkyl halides is 3. The summed E-state index contributed by atoms with van der Waals surface area (Å²) in [6, 6.07) is 5.50. The molecule has 1 unspecified atom stereocenters. The molecule has 1 aliphatic rings. The van der Waals surface area contributed by atoms with E-state index in [4.69, 9.17) is 0 Å². The summed E-state index contributed by atoms with van der Waals surface area (Å²) in [7, 11) is 1.69. The van der Waals surface area contributed by atoms with Gasteiger partial charge < -0.3 is 9.45 Å². The van der Waals surface area contributed by atoms with Crippen LogP contribution in [0, 0.1) is 6.92 Å².